The van der Waals surface area contributed by atoms with E-state index in [-0.39, 0.29) is 11.2 Å². The number of halogens is 1. The normalized spacial score (nSPS) is 12.1. The van der Waals surface area contributed by atoms with Gasteiger partial charge in [0.1, 0.15) is 11.6 Å². The molecule has 0 saturated carbocycles. The highest BCUT2D eigenvalue weighted by Crippen LogP contribution is 2.41. The molecule has 0 atom stereocenters. The third kappa shape index (κ3) is 2.90. The summed E-state index contributed by atoms with van der Waals surface area (Å²) in [7, 11) is 0. The molecule has 2 aromatic carbocycles. The van der Waals surface area contributed by atoms with Gasteiger partial charge in [-0.05, 0) is 59.7 Å². The average molecular weight is 384 g/mol. The van der Waals surface area contributed by atoms with Crippen LogP contribution < -0.4 is 0 Å². The van der Waals surface area contributed by atoms with Crippen LogP contribution >= 0.6 is 0 Å². The fraction of sp³-hybridized carbons (Fsp3) is 0.167. The van der Waals surface area contributed by atoms with Gasteiger partial charge in [-0.2, -0.15) is 0 Å². The summed E-state index contributed by atoms with van der Waals surface area (Å²) in [4.78, 5) is 16.2. The van der Waals surface area contributed by atoms with Gasteiger partial charge in [-0.1, -0.05) is 20.8 Å². The number of imidazole rings is 1. The number of fused-ring (bicyclic) bond motifs is 3. The molecular formula is C24H21FN4. The molecular weight excluding hydrogens is 363 g/mol. The van der Waals surface area contributed by atoms with Crippen LogP contribution in [0.25, 0.3) is 44.3 Å². The Labute approximate surface area is 167 Å². The number of hydrogen-bond donors (Lipinski definition) is 2. The van der Waals surface area contributed by atoms with Crippen molar-refractivity contribution >= 4 is 21.9 Å². The lowest BCUT2D eigenvalue weighted by Crippen LogP contribution is -2.12. The molecule has 0 radical (unpaired) electrons. The summed E-state index contributed by atoms with van der Waals surface area (Å²) in [5.41, 5.74) is 6.80. The highest BCUT2D eigenvalue weighted by Gasteiger charge is 2.22. The Balaban J connectivity index is 1.89. The first-order valence-corrected chi connectivity index (χ1v) is 9.63. The van der Waals surface area contributed by atoms with E-state index in [9.17, 15) is 4.39 Å². The highest BCUT2D eigenvalue weighted by molar-refractivity contribution is 6.15. The summed E-state index contributed by atoms with van der Waals surface area (Å²) in [6.07, 6.45) is 3.57. The first-order chi connectivity index (χ1) is 13.9. The first-order valence-electron chi connectivity index (χ1n) is 9.63. The van der Waals surface area contributed by atoms with Gasteiger partial charge in [-0.25, -0.2) is 9.37 Å². The van der Waals surface area contributed by atoms with Gasteiger partial charge in [-0.15, -0.1) is 0 Å². The van der Waals surface area contributed by atoms with E-state index in [1.807, 2.05) is 12.1 Å². The van der Waals surface area contributed by atoms with Gasteiger partial charge in [-0.3, -0.25) is 4.98 Å². The fourth-order valence-electron chi connectivity index (χ4n) is 3.75. The molecule has 0 aliphatic rings. The fourth-order valence-corrected chi connectivity index (χ4v) is 3.75. The minimum absolute atomic E-state index is 0.0851. The quantitative estimate of drug-likeness (QED) is 0.380. The summed E-state index contributed by atoms with van der Waals surface area (Å²) in [5, 5.41) is 1.06. The van der Waals surface area contributed by atoms with Crippen molar-refractivity contribution in [2.45, 2.75) is 26.2 Å². The molecule has 5 heteroatoms. The Morgan fingerprint density at radius 1 is 0.793 bits per heavy atom. The number of hydrogen-bond acceptors (Lipinski definition) is 2. The molecule has 0 unspecified atom stereocenters. The maximum Gasteiger partial charge on any atom is 0.123 e. The molecule has 0 amide bonds. The Bertz CT molecular complexity index is 1320. The predicted octanol–water partition coefficient (Wildman–Crippen LogP) is 6.21. The van der Waals surface area contributed by atoms with Crippen molar-refractivity contribution in [1.29, 1.82) is 0 Å². The van der Waals surface area contributed by atoms with Crippen LogP contribution in [0.15, 0.2) is 60.9 Å². The molecule has 3 heterocycles. The van der Waals surface area contributed by atoms with E-state index in [4.69, 9.17) is 4.98 Å². The van der Waals surface area contributed by atoms with Crippen molar-refractivity contribution < 1.29 is 4.39 Å². The van der Waals surface area contributed by atoms with Crippen LogP contribution in [0.4, 0.5) is 4.39 Å². The highest BCUT2D eigenvalue weighted by atomic mass is 19.1. The lowest BCUT2D eigenvalue weighted by Gasteiger charge is -2.13. The van der Waals surface area contributed by atoms with Gasteiger partial charge in [0, 0.05) is 34.3 Å². The third-order valence-electron chi connectivity index (χ3n) is 5.23. The molecule has 0 fully saturated rings. The SMILES string of the molecule is CC(C)(C)c1nc2c(ccc3[nH]c(-c4ccc(F)cc4)c(-c4ccncc4)c32)[nH]1. The van der Waals surface area contributed by atoms with E-state index in [2.05, 4.69) is 47.9 Å². The number of benzene rings is 2. The maximum absolute atomic E-state index is 13.5. The summed E-state index contributed by atoms with van der Waals surface area (Å²) >= 11 is 0. The van der Waals surface area contributed by atoms with Crippen LogP contribution in [0, 0.1) is 5.82 Å². The van der Waals surface area contributed by atoms with Gasteiger partial charge < -0.3 is 9.97 Å². The predicted molar refractivity (Wildman–Crippen MR) is 115 cm³/mol. The lowest BCUT2D eigenvalue weighted by atomic mass is 9.96. The van der Waals surface area contributed by atoms with Crippen molar-refractivity contribution in [1.82, 2.24) is 19.9 Å². The maximum atomic E-state index is 13.5. The van der Waals surface area contributed by atoms with Crippen LogP contribution in [0.3, 0.4) is 0 Å². The van der Waals surface area contributed by atoms with E-state index < -0.39 is 0 Å². The van der Waals surface area contributed by atoms with Crippen LogP contribution in [0.5, 0.6) is 0 Å². The zero-order valence-electron chi connectivity index (χ0n) is 16.5. The van der Waals surface area contributed by atoms with E-state index in [1.165, 1.54) is 12.1 Å². The third-order valence-corrected chi connectivity index (χ3v) is 5.23. The topological polar surface area (TPSA) is 57.4 Å². The minimum Gasteiger partial charge on any atom is -0.354 e. The molecule has 144 valence electrons. The van der Waals surface area contributed by atoms with E-state index >= 15 is 0 Å². The number of H-pyrrole nitrogens is 2. The summed E-state index contributed by atoms with van der Waals surface area (Å²) in [5.74, 6) is 0.699. The van der Waals surface area contributed by atoms with Gasteiger partial charge in [0.15, 0.2) is 0 Å². The Hall–Kier alpha value is -3.47. The van der Waals surface area contributed by atoms with Crippen molar-refractivity contribution in [3.63, 3.8) is 0 Å². The molecule has 2 N–H and O–H groups in total. The van der Waals surface area contributed by atoms with Gasteiger partial charge in [0.25, 0.3) is 0 Å². The van der Waals surface area contributed by atoms with Crippen molar-refractivity contribution in [2.24, 2.45) is 0 Å². The number of nitrogens with one attached hydrogen (secondary N) is 2. The standard InChI is InChI=1S/C24H21FN4/c1-24(2,3)23-28-18-9-8-17-20(22(18)29-23)19(14-10-12-26-13-11-14)21(27-17)15-4-6-16(25)7-5-15/h4-13,27H,1-3H3,(H,28,29). The van der Waals surface area contributed by atoms with E-state index in [0.717, 1.165) is 50.1 Å². The number of pyridine rings is 1. The Morgan fingerprint density at radius 3 is 2.17 bits per heavy atom. The van der Waals surface area contributed by atoms with E-state index in [1.54, 1.807) is 24.5 Å². The molecule has 29 heavy (non-hydrogen) atoms. The van der Waals surface area contributed by atoms with Crippen LogP contribution in [0.1, 0.15) is 26.6 Å². The molecule has 0 aliphatic heterocycles. The van der Waals surface area contributed by atoms with Crippen molar-refractivity contribution in [3.05, 3.63) is 72.6 Å². The molecule has 5 aromatic rings. The summed E-state index contributed by atoms with van der Waals surface area (Å²) in [6, 6.07) is 14.7. The zero-order valence-corrected chi connectivity index (χ0v) is 16.5. The molecule has 5 rings (SSSR count). The molecule has 0 spiro atoms. The zero-order chi connectivity index (χ0) is 20.2. The number of rotatable bonds is 2. The second-order valence-electron chi connectivity index (χ2n) is 8.34. The molecule has 0 aliphatic carbocycles. The molecule has 0 bridgehead atoms. The lowest BCUT2D eigenvalue weighted by molar-refractivity contribution is 0.554. The molecule has 0 saturated heterocycles. The van der Waals surface area contributed by atoms with Gasteiger partial charge in [0.2, 0.25) is 0 Å². The second-order valence-corrected chi connectivity index (χ2v) is 8.34. The monoisotopic (exact) mass is 384 g/mol. The van der Waals surface area contributed by atoms with Crippen LogP contribution in [-0.2, 0) is 5.41 Å². The smallest absolute Gasteiger partial charge is 0.123 e. The number of aromatic nitrogens is 4. The summed E-state index contributed by atoms with van der Waals surface area (Å²) in [6.45, 7) is 6.44. The van der Waals surface area contributed by atoms with Crippen LogP contribution in [-0.4, -0.2) is 19.9 Å². The van der Waals surface area contributed by atoms with E-state index in [0.29, 0.717) is 0 Å². The summed E-state index contributed by atoms with van der Waals surface area (Å²) < 4.78 is 13.5. The van der Waals surface area contributed by atoms with Crippen LogP contribution in [0.2, 0.25) is 0 Å². The average Bonchev–Trinajstić information content (AvgIpc) is 3.30. The van der Waals surface area contributed by atoms with Crippen molar-refractivity contribution in [2.75, 3.05) is 0 Å². The first kappa shape index (κ1) is 17.6. The molecule has 4 nitrogen and oxygen atoms in total. The minimum atomic E-state index is -0.250. The largest absolute Gasteiger partial charge is 0.354 e. The second kappa shape index (κ2) is 6.27. The number of aromatic amines is 2. The van der Waals surface area contributed by atoms with Gasteiger partial charge in [0.05, 0.1) is 16.7 Å². The van der Waals surface area contributed by atoms with Gasteiger partial charge >= 0.3 is 0 Å². The van der Waals surface area contributed by atoms with Crippen molar-refractivity contribution in [3.8, 4) is 22.4 Å². The number of nitrogens with zero attached hydrogens (tertiary/aromatic N) is 2. The molecule has 3 aromatic heterocycles. The Morgan fingerprint density at radius 2 is 1.48 bits per heavy atom. The Kier molecular flexibility index (Phi) is 3.81.